The van der Waals surface area contributed by atoms with Crippen LogP contribution in [0.3, 0.4) is 0 Å². The Morgan fingerprint density at radius 1 is 0.442 bits per heavy atom. The molecule has 0 saturated heterocycles. The highest BCUT2D eigenvalue weighted by molar-refractivity contribution is 8.06. The third kappa shape index (κ3) is 3.18. The monoisotopic (exact) mass is 620 g/mol. The Morgan fingerprint density at radius 2 is 0.814 bits per heavy atom. The number of benzene rings is 4. The fourth-order valence-electron chi connectivity index (χ4n) is 7.11. The van der Waals surface area contributed by atoms with Gasteiger partial charge in [0, 0.05) is 20.9 Å². The minimum atomic E-state index is -5.59. The van der Waals surface area contributed by atoms with E-state index in [1.807, 2.05) is 72.8 Å². The van der Waals surface area contributed by atoms with Crippen molar-refractivity contribution in [2.75, 3.05) is 0 Å². The molecule has 43 heavy (non-hydrogen) atoms. The predicted molar refractivity (Wildman–Crippen MR) is 161 cm³/mol. The summed E-state index contributed by atoms with van der Waals surface area (Å²) in [6.07, 6.45) is 0. The minimum absolute atomic E-state index is 0.126. The van der Waals surface area contributed by atoms with Crippen LogP contribution in [0.1, 0.15) is 25.0 Å². The Hall–Kier alpha value is -3.36. The summed E-state index contributed by atoms with van der Waals surface area (Å²) in [6, 6.07) is 29.3. The van der Waals surface area contributed by atoms with Crippen LogP contribution in [0, 0.1) is 0 Å². The Kier molecular flexibility index (Phi) is 5.33. The van der Waals surface area contributed by atoms with Crippen LogP contribution >= 0.6 is 23.5 Å². The summed E-state index contributed by atoms with van der Waals surface area (Å²) in [5.41, 5.74) is 1.34. The van der Waals surface area contributed by atoms with Gasteiger partial charge in [0.2, 0.25) is 0 Å². The van der Waals surface area contributed by atoms with E-state index in [9.17, 15) is 0 Å². The topological polar surface area (TPSA) is 0 Å². The molecule has 0 nitrogen and oxygen atoms in total. The van der Waals surface area contributed by atoms with Gasteiger partial charge in [0.25, 0.3) is 0 Å². The van der Waals surface area contributed by atoms with Gasteiger partial charge in [-0.25, -0.2) is 0 Å². The maximum Gasteiger partial charge on any atom is 0.380 e. The van der Waals surface area contributed by atoms with E-state index in [2.05, 4.69) is 0 Å². The van der Waals surface area contributed by atoms with Crippen LogP contribution in [-0.4, -0.2) is 27.3 Å². The Labute approximate surface area is 252 Å². The standard InChI is InChI=1S/C35H22F6S2/c1-31-27(23-15-13-21(17-25(23)42-31)19-9-5-3-6-10-19)29-30(34(38,39)35(40,41)33(29,36)37)28-24-16-14-22(20-11-7-4-8-12-20)18-26(24)43-32(28,31)2/h3-18H,1-2H3. The first kappa shape index (κ1) is 27.2. The number of rotatable bonds is 2. The van der Waals surface area contributed by atoms with E-state index in [-0.39, 0.29) is 11.1 Å². The van der Waals surface area contributed by atoms with Crippen LogP contribution in [0.25, 0.3) is 33.4 Å². The Morgan fingerprint density at radius 3 is 1.19 bits per heavy atom. The van der Waals surface area contributed by atoms with Crippen molar-refractivity contribution in [1.29, 1.82) is 0 Å². The molecule has 1 fully saturated rings. The molecule has 2 heterocycles. The zero-order valence-electron chi connectivity index (χ0n) is 22.8. The molecule has 2 aliphatic heterocycles. The lowest BCUT2D eigenvalue weighted by atomic mass is 9.68. The maximum absolute atomic E-state index is 15.9. The molecule has 4 aromatic rings. The quantitative estimate of drug-likeness (QED) is 0.205. The highest BCUT2D eigenvalue weighted by Gasteiger charge is 2.84. The second kappa shape index (κ2) is 8.42. The number of hydrogen-bond acceptors (Lipinski definition) is 2. The summed E-state index contributed by atoms with van der Waals surface area (Å²) in [6.45, 7) is 3.47. The molecule has 8 rings (SSSR count). The van der Waals surface area contributed by atoms with Gasteiger partial charge in [0.1, 0.15) is 0 Å². The predicted octanol–water partition coefficient (Wildman–Crippen LogP) is 10.9. The molecule has 2 unspecified atom stereocenters. The molecule has 0 aromatic heterocycles. The number of alkyl halides is 6. The minimum Gasteiger partial charge on any atom is -0.194 e. The third-order valence-corrected chi connectivity index (χ3v) is 12.7. The van der Waals surface area contributed by atoms with Crippen molar-refractivity contribution < 1.29 is 26.3 Å². The lowest BCUT2D eigenvalue weighted by molar-refractivity contribution is -0.257. The number of thioether (sulfide) groups is 2. The summed E-state index contributed by atoms with van der Waals surface area (Å²) in [5.74, 6) is -15.7. The summed E-state index contributed by atoms with van der Waals surface area (Å²) < 4.78 is 91.7. The number of allylic oxidation sites excluding steroid dienone is 2. The van der Waals surface area contributed by atoms with Gasteiger partial charge in [0.15, 0.2) is 0 Å². The molecular weight excluding hydrogens is 599 g/mol. The summed E-state index contributed by atoms with van der Waals surface area (Å²) >= 11 is 2.58. The first-order valence-electron chi connectivity index (χ1n) is 13.7. The van der Waals surface area contributed by atoms with E-state index in [1.165, 1.54) is 23.5 Å². The van der Waals surface area contributed by atoms with Gasteiger partial charge in [-0.3, -0.25) is 0 Å². The van der Waals surface area contributed by atoms with Crippen molar-refractivity contribution >= 4 is 34.7 Å². The van der Waals surface area contributed by atoms with Crippen molar-refractivity contribution in [3.05, 3.63) is 119 Å². The third-order valence-electron chi connectivity index (χ3n) is 9.38. The van der Waals surface area contributed by atoms with Gasteiger partial charge < -0.3 is 0 Å². The first-order chi connectivity index (χ1) is 20.3. The smallest absolute Gasteiger partial charge is 0.194 e. The lowest BCUT2D eigenvalue weighted by Crippen LogP contribution is -2.47. The highest BCUT2D eigenvalue weighted by atomic mass is 32.2. The average molecular weight is 621 g/mol. The summed E-state index contributed by atoms with van der Waals surface area (Å²) in [7, 11) is 0. The number of halogens is 6. The molecule has 0 radical (unpaired) electrons. The van der Waals surface area contributed by atoms with Gasteiger partial charge in [-0.05, 0) is 70.5 Å². The molecule has 4 aliphatic rings. The van der Waals surface area contributed by atoms with E-state index >= 15 is 26.3 Å². The maximum atomic E-state index is 15.9. The number of hydrogen-bond donors (Lipinski definition) is 0. The van der Waals surface area contributed by atoms with Crippen LogP contribution in [0.4, 0.5) is 26.3 Å². The summed E-state index contributed by atoms with van der Waals surface area (Å²) in [4.78, 5) is 1.20. The molecule has 216 valence electrons. The number of fused-ring (bicyclic) bond motifs is 8. The Bertz CT molecular complexity index is 1790. The highest BCUT2D eigenvalue weighted by Crippen LogP contribution is 2.78. The van der Waals surface area contributed by atoms with Crippen LogP contribution in [0.15, 0.2) is 118 Å². The summed E-state index contributed by atoms with van der Waals surface area (Å²) in [5, 5.41) is 0. The zero-order valence-corrected chi connectivity index (χ0v) is 24.5. The fraction of sp³-hybridized carbons (Fsp3) is 0.200. The molecule has 0 bridgehead atoms. The normalized spacial score (nSPS) is 27.0. The van der Waals surface area contributed by atoms with Crippen LogP contribution < -0.4 is 0 Å². The molecular formula is C35H22F6S2. The second-order valence-electron chi connectivity index (χ2n) is 11.6. The van der Waals surface area contributed by atoms with Crippen molar-refractivity contribution in [3.8, 4) is 22.3 Å². The van der Waals surface area contributed by atoms with Crippen LogP contribution in [0.2, 0.25) is 0 Å². The van der Waals surface area contributed by atoms with Gasteiger partial charge >= 0.3 is 17.8 Å². The lowest BCUT2D eigenvalue weighted by Gasteiger charge is -2.47. The van der Waals surface area contributed by atoms with Crippen molar-refractivity contribution in [1.82, 2.24) is 0 Å². The van der Waals surface area contributed by atoms with Gasteiger partial charge in [-0.15, -0.1) is 23.5 Å². The molecule has 0 N–H and O–H groups in total. The molecule has 2 aliphatic carbocycles. The molecule has 0 spiro atoms. The van der Waals surface area contributed by atoms with Crippen LogP contribution in [-0.2, 0) is 0 Å². The molecule has 2 atom stereocenters. The molecule has 8 heteroatoms. The first-order valence-corrected chi connectivity index (χ1v) is 15.4. The van der Waals surface area contributed by atoms with E-state index in [1.54, 1.807) is 38.1 Å². The van der Waals surface area contributed by atoms with Crippen LogP contribution in [0.5, 0.6) is 0 Å². The Balaban J connectivity index is 1.42. The van der Waals surface area contributed by atoms with Crippen molar-refractivity contribution in [3.63, 3.8) is 0 Å². The van der Waals surface area contributed by atoms with E-state index in [0.717, 1.165) is 22.3 Å². The SMILES string of the molecule is CC12Sc3cc(-c4ccccc4)ccc3C1=C1C(=C3c4ccc(-c5ccccc5)cc4SC32C)C(F)(F)C(F)(F)C1(F)F. The van der Waals surface area contributed by atoms with Gasteiger partial charge in [-0.1, -0.05) is 84.9 Å². The second-order valence-corrected chi connectivity index (χ2v) is 14.6. The van der Waals surface area contributed by atoms with E-state index in [0.29, 0.717) is 20.9 Å². The fourth-order valence-corrected chi connectivity index (χ4v) is 10.4. The average Bonchev–Trinajstić information content (AvgIpc) is 3.50. The van der Waals surface area contributed by atoms with E-state index in [4.69, 9.17) is 0 Å². The molecule has 0 amide bonds. The van der Waals surface area contributed by atoms with Gasteiger partial charge in [-0.2, -0.15) is 26.3 Å². The molecule has 1 saturated carbocycles. The zero-order chi connectivity index (χ0) is 30.2. The van der Waals surface area contributed by atoms with Gasteiger partial charge in [0.05, 0.1) is 9.49 Å². The largest absolute Gasteiger partial charge is 0.380 e. The van der Waals surface area contributed by atoms with E-state index < -0.39 is 38.4 Å². The van der Waals surface area contributed by atoms with Crippen molar-refractivity contribution in [2.45, 2.75) is 50.9 Å². The molecule has 4 aromatic carbocycles. The van der Waals surface area contributed by atoms with Crippen molar-refractivity contribution in [2.24, 2.45) is 0 Å².